The summed E-state index contributed by atoms with van der Waals surface area (Å²) in [5.41, 5.74) is 4.69. The molecule has 3 heteroatoms. The number of hydrogen-bond acceptors (Lipinski definition) is 3. The molecule has 0 aliphatic heterocycles. The predicted octanol–water partition coefficient (Wildman–Crippen LogP) is 3.48. The van der Waals surface area contributed by atoms with Crippen LogP contribution < -0.4 is 10.6 Å². The first-order valence-electron chi connectivity index (χ1n) is 5.67. The maximum Gasteiger partial charge on any atom is 0.127 e. The average molecular weight is 227 g/mol. The standard InChI is InChI=1S/C14H17N3/c1-10-4-5-13(11(2)8-10)17-12-6-7-16-14(9-12)15-3/h4-9H,1-3H3,(H2,15,16,17). The summed E-state index contributed by atoms with van der Waals surface area (Å²) < 4.78 is 0. The molecule has 2 rings (SSSR count). The van der Waals surface area contributed by atoms with Crippen molar-refractivity contribution in [1.29, 1.82) is 0 Å². The van der Waals surface area contributed by atoms with Crippen molar-refractivity contribution in [1.82, 2.24) is 4.98 Å². The Balaban J connectivity index is 2.25. The number of nitrogens with one attached hydrogen (secondary N) is 2. The number of anilines is 3. The molecule has 2 aromatic rings. The summed E-state index contributed by atoms with van der Waals surface area (Å²) in [6.07, 6.45) is 1.79. The first kappa shape index (κ1) is 11.5. The zero-order valence-electron chi connectivity index (χ0n) is 10.4. The molecule has 1 heterocycles. The van der Waals surface area contributed by atoms with Crippen molar-refractivity contribution >= 4 is 17.2 Å². The van der Waals surface area contributed by atoms with Gasteiger partial charge in [0.2, 0.25) is 0 Å². The molecule has 0 aliphatic rings. The number of benzene rings is 1. The molecule has 0 saturated carbocycles. The second kappa shape index (κ2) is 4.87. The van der Waals surface area contributed by atoms with Crippen LogP contribution in [0, 0.1) is 13.8 Å². The summed E-state index contributed by atoms with van der Waals surface area (Å²) in [4.78, 5) is 4.18. The number of rotatable bonds is 3. The molecule has 0 spiro atoms. The molecule has 17 heavy (non-hydrogen) atoms. The van der Waals surface area contributed by atoms with Crippen LogP contribution in [0.3, 0.4) is 0 Å². The van der Waals surface area contributed by atoms with Gasteiger partial charge in [-0.1, -0.05) is 17.7 Å². The Kier molecular flexibility index (Phi) is 3.28. The molecule has 0 atom stereocenters. The summed E-state index contributed by atoms with van der Waals surface area (Å²) in [7, 11) is 1.86. The summed E-state index contributed by atoms with van der Waals surface area (Å²) in [6, 6.07) is 10.3. The van der Waals surface area contributed by atoms with E-state index in [-0.39, 0.29) is 0 Å². The van der Waals surface area contributed by atoms with Crippen LogP contribution in [0.25, 0.3) is 0 Å². The number of hydrogen-bond donors (Lipinski definition) is 2. The van der Waals surface area contributed by atoms with Crippen molar-refractivity contribution in [2.75, 3.05) is 17.7 Å². The van der Waals surface area contributed by atoms with Gasteiger partial charge in [0.1, 0.15) is 5.82 Å². The molecule has 2 N–H and O–H groups in total. The molecule has 0 radical (unpaired) electrons. The molecule has 0 bridgehead atoms. The molecule has 88 valence electrons. The third-order valence-corrected chi connectivity index (χ3v) is 2.68. The van der Waals surface area contributed by atoms with Crippen LogP contribution in [0.4, 0.5) is 17.2 Å². The number of aryl methyl sites for hydroxylation is 2. The lowest BCUT2D eigenvalue weighted by Gasteiger charge is -2.11. The van der Waals surface area contributed by atoms with Gasteiger partial charge in [0.25, 0.3) is 0 Å². The molecule has 3 nitrogen and oxygen atoms in total. The van der Waals surface area contributed by atoms with Crippen LogP contribution in [-0.2, 0) is 0 Å². The first-order chi connectivity index (χ1) is 8.19. The Labute approximate surface area is 102 Å². The first-order valence-corrected chi connectivity index (χ1v) is 5.67. The minimum atomic E-state index is 0.861. The number of nitrogens with zero attached hydrogens (tertiary/aromatic N) is 1. The number of pyridine rings is 1. The molecule has 0 aliphatic carbocycles. The van der Waals surface area contributed by atoms with Crippen molar-refractivity contribution in [2.45, 2.75) is 13.8 Å². The summed E-state index contributed by atoms with van der Waals surface area (Å²) in [5, 5.41) is 6.42. The fraction of sp³-hybridized carbons (Fsp3) is 0.214. The maximum absolute atomic E-state index is 4.18. The lowest BCUT2D eigenvalue weighted by atomic mass is 10.1. The molecule has 0 saturated heterocycles. The van der Waals surface area contributed by atoms with E-state index in [1.165, 1.54) is 11.1 Å². The quantitative estimate of drug-likeness (QED) is 0.842. The number of aromatic nitrogens is 1. The normalized spacial score (nSPS) is 10.1. The lowest BCUT2D eigenvalue weighted by Crippen LogP contribution is -1.96. The van der Waals surface area contributed by atoms with E-state index in [1.807, 2.05) is 19.2 Å². The molecular weight excluding hydrogens is 210 g/mol. The van der Waals surface area contributed by atoms with Gasteiger partial charge < -0.3 is 10.6 Å². The summed E-state index contributed by atoms with van der Waals surface area (Å²) in [6.45, 7) is 4.21. The molecule has 1 aromatic carbocycles. The van der Waals surface area contributed by atoms with Gasteiger partial charge in [-0.05, 0) is 31.5 Å². The highest BCUT2D eigenvalue weighted by molar-refractivity contribution is 5.65. The van der Waals surface area contributed by atoms with E-state index in [2.05, 4.69) is 47.7 Å². The van der Waals surface area contributed by atoms with E-state index in [1.54, 1.807) is 6.20 Å². The maximum atomic E-state index is 4.18. The molecule has 0 fully saturated rings. The third kappa shape index (κ3) is 2.75. The van der Waals surface area contributed by atoms with Gasteiger partial charge in [-0.25, -0.2) is 4.98 Å². The van der Waals surface area contributed by atoms with E-state index in [0.29, 0.717) is 0 Å². The fourth-order valence-electron chi connectivity index (χ4n) is 1.75. The zero-order valence-corrected chi connectivity index (χ0v) is 10.4. The van der Waals surface area contributed by atoms with E-state index >= 15 is 0 Å². The summed E-state index contributed by atoms with van der Waals surface area (Å²) in [5.74, 6) is 0.861. The Bertz CT molecular complexity index is 521. The SMILES string of the molecule is CNc1cc(Nc2ccc(C)cc2C)ccn1. The second-order valence-corrected chi connectivity index (χ2v) is 4.12. The minimum absolute atomic E-state index is 0.861. The van der Waals surface area contributed by atoms with Gasteiger partial charge in [0.05, 0.1) is 0 Å². The monoisotopic (exact) mass is 227 g/mol. The third-order valence-electron chi connectivity index (χ3n) is 2.68. The highest BCUT2D eigenvalue weighted by atomic mass is 15.0. The Morgan fingerprint density at radius 3 is 2.59 bits per heavy atom. The van der Waals surface area contributed by atoms with E-state index in [9.17, 15) is 0 Å². The molecule has 0 unspecified atom stereocenters. The Morgan fingerprint density at radius 1 is 1.06 bits per heavy atom. The van der Waals surface area contributed by atoms with E-state index in [4.69, 9.17) is 0 Å². The molecule has 1 aromatic heterocycles. The fourth-order valence-corrected chi connectivity index (χ4v) is 1.75. The van der Waals surface area contributed by atoms with Gasteiger partial charge in [-0.2, -0.15) is 0 Å². The Hall–Kier alpha value is -2.03. The van der Waals surface area contributed by atoms with Crippen molar-refractivity contribution in [3.63, 3.8) is 0 Å². The van der Waals surface area contributed by atoms with Crippen LogP contribution in [0.15, 0.2) is 36.5 Å². The average Bonchev–Trinajstić information content (AvgIpc) is 2.33. The van der Waals surface area contributed by atoms with Crippen molar-refractivity contribution in [2.24, 2.45) is 0 Å². The van der Waals surface area contributed by atoms with Crippen molar-refractivity contribution in [3.05, 3.63) is 47.7 Å². The van der Waals surface area contributed by atoms with E-state index < -0.39 is 0 Å². The van der Waals surface area contributed by atoms with Crippen LogP contribution in [0.2, 0.25) is 0 Å². The lowest BCUT2D eigenvalue weighted by molar-refractivity contribution is 1.28. The largest absolute Gasteiger partial charge is 0.373 e. The van der Waals surface area contributed by atoms with Crippen molar-refractivity contribution < 1.29 is 0 Å². The zero-order chi connectivity index (χ0) is 12.3. The predicted molar refractivity (Wildman–Crippen MR) is 73.0 cm³/mol. The van der Waals surface area contributed by atoms with Gasteiger partial charge in [-0.15, -0.1) is 0 Å². The van der Waals surface area contributed by atoms with Crippen LogP contribution in [-0.4, -0.2) is 12.0 Å². The van der Waals surface area contributed by atoms with Crippen LogP contribution in [0.1, 0.15) is 11.1 Å². The minimum Gasteiger partial charge on any atom is -0.373 e. The topological polar surface area (TPSA) is 37.0 Å². The van der Waals surface area contributed by atoms with Crippen LogP contribution >= 0.6 is 0 Å². The van der Waals surface area contributed by atoms with Crippen molar-refractivity contribution in [3.8, 4) is 0 Å². The van der Waals surface area contributed by atoms with Crippen LogP contribution in [0.5, 0.6) is 0 Å². The second-order valence-electron chi connectivity index (χ2n) is 4.12. The van der Waals surface area contributed by atoms with Gasteiger partial charge in [0.15, 0.2) is 0 Å². The van der Waals surface area contributed by atoms with Gasteiger partial charge in [-0.3, -0.25) is 0 Å². The molecule has 0 amide bonds. The Morgan fingerprint density at radius 2 is 1.88 bits per heavy atom. The highest BCUT2D eigenvalue weighted by Gasteiger charge is 2.00. The highest BCUT2D eigenvalue weighted by Crippen LogP contribution is 2.22. The van der Waals surface area contributed by atoms with E-state index in [0.717, 1.165) is 17.2 Å². The summed E-state index contributed by atoms with van der Waals surface area (Å²) >= 11 is 0. The molecular formula is C14H17N3. The van der Waals surface area contributed by atoms with Gasteiger partial charge >= 0.3 is 0 Å². The van der Waals surface area contributed by atoms with Gasteiger partial charge in [0, 0.05) is 30.7 Å². The smallest absolute Gasteiger partial charge is 0.127 e.